The first kappa shape index (κ1) is 11.9. The molecule has 6 heteroatoms. The predicted molar refractivity (Wildman–Crippen MR) is 74.3 cm³/mol. The van der Waals surface area contributed by atoms with Gasteiger partial charge in [-0.3, -0.25) is 4.68 Å². The number of fused-ring (bicyclic) bond motifs is 1. The molecule has 2 aromatic heterocycles. The third kappa shape index (κ3) is 1.89. The molecule has 0 amide bonds. The molecule has 0 aliphatic carbocycles. The van der Waals surface area contributed by atoms with E-state index in [1.165, 1.54) is 25.9 Å². The second kappa shape index (κ2) is 4.51. The lowest BCUT2D eigenvalue weighted by Crippen LogP contribution is -2.24. The normalized spacial score (nSPS) is 17.0. The fraction of sp³-hybridized carbons (Fsp3) is 0.667. The smallest absolute Gasteiger partial charge is 0.179 e. The summed E-state index contributed by atoms with van der Waals surface area (Å²) < 4.78 is 4.89. The molecule has 1 saturated heterocycles. The summed E-state index contributed by atoms with van der Waals surface area (Å²) >= 11 is 5.41. The van der Waals surface area contributed by atoms with E-state index in [4.69, 9.17) is 12.2 Å². The van der Waals surface area contributed by atoms with Crippen molar-refractivity contribution in [3.63, 3.8) is 0 Å². The van der Waals surface area contributed by atoms with Gasteiger partial charge in [-0.25, -0.2) is 0 Å². The molecule has 2 aromatic rings. The molecule has 0 spiro atoms. The van der Waals surface area contributed by atoms with Crippen LogP contribution in [-0.2, 0) is 13.6 Å². The van der Waals surface area contributed by atoms with Gasteiger partial charge < -0.3 is 14.5 Å². The maximum Gasteiger partial charge on any atom is 0.179 e. The lowest BCUT2D eigenvalue weighted by molar-refractivity contribution is 0.323. The average molecular weight is 265 g/mol. The maximum atomic E-state index is 5.41. The number of rotatable bonds is 3. The number of nitrogens with zero attached hydrogens (tertiary/aromatic N) is 4. The molecule has 0 atom stereocenters. The maximum absolute atomic E-state index is 5.41. The fourth-order valence-electron chi connectivity index (χ4n) is 2.83. The highest BCUT2D eigenvalue weighted by atomic mass is 32.1. The van der Waals surface area contributed by atoms with Gasteiger partial charge >= 0.3 is 0 Å². The minimum Gasteiger partial charge on any atom is -0.328 e. The minimum absolute atomic E-state index is 0.806. The number of H-pyrrole nitrogens is 1. The van der Waals surface area contributed by atoms with E-state index < -0.39 is 0 Å². The molecule has 0 saturated carbocycles. The van der Waals surface area contributed by atoms with E-state index in [1.807, 2.05) is 18.7 Å². The molecule has 18 heavy (non-hydrogen) atoms. The highest BCUT2D eigenvalue weighted by molar-refractivity contribution is 7.71. The van der Waals surface area contributed by atoms with Gasteiger partial charge in [0.1, 0.15) is 5.52 Å². The molecule has 1 fully saturated rings. The van der Waals surface area contributed by atoms with Gasteiger partial charge in [-0.2, -0.15) is 5.10 Å². The first-order chi connectivity index (χ1) is 8.66. The molecule has 1 N–H and O–H groups in total. The van der Waals surface area contributed by atoms with Crippen LogP contribution in [0.3, 0.4) is 0 Å². The van der Waals surface area contributed by atoms with Crippen LogP contribution in [0.2, 0.25) is 0 Å². The Bertz CT molecular complexity index is 614. The van der Waals surface area contributed by atoms with Crippen LogP contribution >= 0.6 is 12.2 Å². The van der Waals surface area contributed by atoms with Gasteiger partial charge in [-0.15, -0.1) is 0 Å². The molecule has 0 aromatic carbocycles. The number of nitrogens with one attached hydrogen (secondary N) is 1. The second-order valence-corrected chi connectivity index (χ2v) is 5.42. The molecule has 5 nitrogen and oxygen atoms in total. The molecule has 3 rings (SSSR count). The van der Waals surface area contributed by atoms with Crippen molar-refractivity contribution in [1.82, 2.24) is 24.2 Å². The Labute approximate surface area is 111 Å². The molecule has 3 heterocycles. The zero-order valence-electron chi connectivity index (χ0n) is 10.9. The van der Waals surface area contributed by atoms with Gasteiger partial charge in [0.15, 0.2) is 10.4 Å². The van der Waals surface area contributed by atoms with Crippen LogP contribution < -0.4 is 0 Å². The van der Waals surface area contributed by atoms with Gasteiger partial charge in [-0.1, -0.05) is 0 Å². The van der Waals surface area contributed by atoms with E-state index >= 15 is 0 Å². The van der Waals surface area contributed by atoms with Crippen molar-refractivity contribution in [1.29, 1.82) is 0 Å². The number of aromatic amines is 1. The van der Waals surface area contributed by atoms with E-state index in [9.17, 15) is 0 Å². The molecule has 0 radical (unpaired) electrons. The summed E-state index contributed by atoms with van der Waals surface area (Å²) in [6.07, 6.45) is 2.66. The van der Waals surface area contributed by atoms with Crippen molar-refractivity contribution in [2.75, 3.05) is 19.6 Å². The van der Waals surface area contributed by atoms with Crippen LogP contribution in [0.4, 0.5) is 0 Å². The van der Waals surface area contributed by atoms with Crippen LogP contribution in [0.5, 0.6) is 0 Å². The van der Waals surface area contributed by atoms with E-state index in [2.05, 4.69) is 19.5 Å². The molecular formula is C12H19N5S. The Kier molecular flexibility index (Phi) is 2.99. The fourth-order valence-corrected chi connectivity index (χ4v) is 3.11. The van der Waals surface area contributed by atoms with Crippen LogP contribution in [0.1, 0.15) is 18.5 Å². The average Bonchev–Trinajstić information content (AvgIpc) is 2.98. The lowest BCUT2D eigenvalue weighted by atomic mass is 10.4. The van der Waals surface area contributed by atoms with Crippen LogP contribution in [0.25, 0.3) is 11.2 Å². The highest BCUT2D eigenvalue weighted by Gasteiger charge is 2.15. The minimum atomic E-state index is 0.806. The van der Waals surface area contributed by atoms with E-state index in [0.717, 1.165) is 34.7 Å². The Morgan fingerprint density at radius 2 is 2.00 bits per heavy atom. The number of aromatic nitrogens is 4. The summed E-state index contributed by atoms with van der Waals surface area (Å²) in [6, 6.07) is 0. The molecule has 98 valence electrons. The van der Waals surface area contributed by atoms with E-state index in [0.29, 0.717) is 0 Å². The summed E-state index contributed by atoms with van der Waals surface area (Å²) in [5.74, 6) is 0. The van der Waals surface area contributed by atoms with Gasteiger partial charge in [0.25, 0.3) is 0 Å². The quantitative estimate of drug-likeness (QED) is 0.861. The Balaban J connectivity index is 1.90. The zero-order valence-corrected chi connectivity index (χ0v) is 11.8. The van der Waals surface area contributed by atoms with Crippen molar-refractivity contribution >= 4 is 23.4 Å². The third-order valence-electron chi connectivity index (χ3n) is 3.76. The lowest BCUT2D eigenvalue weighted by Gasteiger charge is -2.14. The van der Waals surface area contributed by atoms with E-state index in [-0.39, 0.29) is 0 Å². The van der Waals surface area contributed by atoms with Crippen LogP contribution in [0.15, 0.2) is 0 Å². The summed E-state index contributed by atoms with van der Waals surface area (Å²) in [6.45, 7) is 6.48. The third-order valence-corrected chi connectivity index (χ3v) is 4.09. The predicted octanol–water partition coefficient (Wildman–Crippen LogP) is 1.84. The standard InChI is InChI=1S/C12H19N5S/c1-9-10-11(15(2)14-9)17(12(18)13-10)8-7-16-5-3-4-6-16/h3-8H2,1-2H3,(H,13,18). The number of imidazole rings is 1. The van der Waals surface area contributed by atoms with Crippen molar-refractivity contribution < 1.29 is 0 Å². The van der Waals surface area contributed by atoms with Gasteiger partial charge in [0.05, 0.1) is 5.69 Å². The summed E-state index contributed by atoms with van der Waals surface area (Å²) in [7, 11) is 1.98. The first-order valence-corrected chi connectivity index (χ1v) is 6.92. The Morgan fingerprint density at radius 3 is 2.72 bits per heavy atom. The van der Waals surface area contributed by atoms with Crippen molar-refractivity contribution in [2.24, 2.45) is 7.05 Å². The molecular weight excluding hydrogens is 246 g/mol. The Hall–Kier alpha value is -1.14. The number of aryl methyl sites for hydroxylation is 2. The van der Waals surface area contributed by atoms with Gasteiger partial charge in [-0.05, 0) is 45.1 Å². The zero-order chi connectivity index (χ0) is 12.7. The number of hydrogen-bond acceptors (Lipinski definition) is 3. The molecule has 0 bridgehead atoms. The second-order valence-electron chi connectivity index (χ2n) is 5.04. The monoisotopic (exact) mass is 265 g/mol. The van der Waals surface area contributed by atoms with Gasteiger partial charge in [0.2, 0.25) is 0 Å². The molecule has 1 aliphatic rings. The van der Waals surface area contributed by atoms with Gasteiger partial charge in [0, 0.05) is 20.1 Å². The van der Waals surface area contributed by atoms with E-state index in [1.54, 1.807) is 0 Å². The first-order valence-electron chi connectivity index (χ1n) is 6.51. The van der Waals surface area contributed by atoms with Crippen LogP contribution in [-0.4, -0.2) is 43.9 Å². The van der Waals surface area contributed by atoms with Crippen LogP contribution in [0, 0.1) is 11.7 Å². The topological polar surface area (TPSA) is 41.8 Å². The summed E-state index contributed by atoms with van der Waals surface area (Å²) in [5, 5.41) is 4.44. The number of likely N-dealkylation sites (tertiary alicyclic amines) is 1. The number of hydrogen-bond donors (Lipinski definition) is 1. The van der Waals surface area contributed by atoms with Crippen molar-refractivity contribution in [3.8, 4) is 0 Å². The molecule has 0 unspecified atom stereocenters. The molecule has 1 aliphatic heterocycles. The largest absolute Gasteiger partial charge is 0.328 e. The summed E-state index contributed by atoms with van der Waals surface area (Å²) in [5.41, 5.74) is 3.19. The summed E-state index contributed by atoms with van der Waals surface area (Å²) in [4.78, 5) is 5.77. The Morgan fingerprint density at radius 1 is 1.28 bits per heavy atom. The van der Waals surface area contributed by atoms with Crippen molar-refractivity contribution in [2.45, 2.75) is 26.3 Å². The SMILES string of the molecule is Cc1nn(C)c2c1[nH]c(=S)n2CCN1CCCC1. The highest BCUT2D eigenvalue weighted by Crippen LogP contribution is 2.17. The van der Waals surface area contributed by atoms with Crippen molar-refractivity contribution in [3.05, 3.63) is 10.5 Å².